The Hall–Kier alpha value is -1.36. The summed E-state index contributed by atoms with van der Waals surface area (Å²) in [6.07, 6.45) is 10.1. The number of nitrogens with two attached hydrogens (primary N) is 1. The number of hydrogen-bond acceptors (Lipinski definition) is 3. The standard InChI is InChI=1S/C13H19N3O2/c14-12-11-9(15-13(17)16-12)6-3-7-10(11)18-8-4-1-2-5-8/h3,6,8-11H,1-2,4-5,7H2,(H3,14,15,16,17). The summed E-state index contributed by atoms with van der Waals surface area (Å²) in [7, 11) is 0. The molecule has 18 heavy (non-hydrogen) atoms. The van der Waals surface area contributed by atoms with Gasteiger partial charge < -0.3 is 15.8 Å². The lowest BCUT2D eigenvalue weighted by Gasteiger charge is -2.37. The second-order valence-corrected chi connectivity index (χ2v) is 5.28. The van der Waals surface area contributed by atoms with E-state index in [1.165, 1.54) is 12.8 Å². The van der Waals surface area contributed by atoms with Crippen LogP contribution in [0.1, 0.15) is 32.1 Å². The van der Waals surface area contributed by atoms with Crippen LogP contribution in [0.25, 0.3) is 0 Å². The van der Waals surface area contributed by atoms with Crippen LogP contribution in [0, 0.1) is 5.92 Å². The van der Waals surface area contributed by atoms with Crippen molar-refractivity contribution in [1.82, 2.24) is 5.32 Å². The Morgan fingerprint density at radius 2 is 2.17 bits per heavy atom. The molecule has 3 unspecified atom stereocenters. The van der Waals surface area contributed by atoms with E-state index in [-0.39, 0.29) is 24.1 Å². The van der Waals surface area contributed by atoms with Crippen molar-refractivity contribution in [3.63, 3.8) is 0 Å². The summed E-state index contributed by atoms with van der Waals surface area (Å²) in [5, 5.41) is 2.83. The third kappa shape index (κ3) is 2.14. The first-order valence-electron chi connectivity index (χ1n) is 6.71. The fraction of sp³-hybridized carbons (Fsp3) is 0.692. The molecule has 5 heteroatoms. The Morgan fingerprint density at radius 1 is 1.39 bits per heavy atom. The normalized spacial score (nSPS) is 36.1. The summed E-state index contributed by atoms with van der Waals surface area (Å²) in [5.41, 5.74) is 5.92. The maximum Gasteiger partial charge on any atom is 0.343 e. The van der Waals surface area contributed by atoms with Gasteiger partial charge in [0.15, 0.2) is 0 Å². The largest absolute Gasteiger partial charge is 0.387 e. The van der Waals surface area contributed by atoms with Crippen LogP contribution >= 0.6 is 0 Å². The number of aliphatic imine (C=N–C) groups is 1. The van der Waals surface area contributed by atoms with Crippen molar-refractivity contribution < 1.29 is 9.53 Å². The first-order chi connectivity index (χ1) is 8.74. The molecule has 0 aromatic carbocycles. The lowest BCUT2D eigenvalue weighted by molar-refractivity contribution is -0.0303. The quantitative estimate of drug-likeness (QED) is 0.725. The van der Waals surface area contributed by atoms with Gasteiger partial charge in [-0.2, -0.15) is 4.99 Å². The third-order valence-corrected chi connectivity index (χ3v) is 4.03. The van der Waals surface area contributed by atoms with Crippen LogP contribution in [0.2, 0.25) is 0 Å². The molecule has 0 spiro atoms. The zero-order valence-electron chi connectivity index (χ0n) is 10.3. The molecule has 98 valence electrons. The van der Waals surface area contributed by atoms with Crippen LogP contribution in [-0.4, -0.2) is 30.1 Å². The van der Waals surface area contributed by atoms with Gasteiger partial charge in [0, 0.05) is 0 Å². The van der Waals surface area contributed by atoms with Crippen LogP contribution in [0.5, 0.6) is 0 Å². The van der Waals surface area contributed by atoms with Crippen molar-refractivity contribution in [2.24, 2.45) is 16.6 Å². The van der Waals surface area contributed by atoms with Gasteiger partial charge in [-0.25, -0.2) is 4.79 Å². The predicted octanol–water partition coefficient (Wildman–Crippen LogP) is 1.34. The number of rotatable bonds is 2. The molecule has 3 aliphatic rings. The van der Waals surface area contributed by atoms with E-state index in [1.807, 2.05) is 6.08 Å². The van der Waals surface area contributed by atoms with Crippen LogP contribution in [0.3, 0.4) is 0 Å². The van der Waals surface area contributed by atoms with Gasteiger partial charge in [0.1, 0.15) is 5.84 Å². The van der Waals surface area contributed by atoms with E-state index in [4.69, 9.17) is 10.5 Å². The summed E-state index contributed by atoms with van der Waals surface area (Å²) in [5.74, 6) is 0.407. The highest BCUT2D eigenvalue weighted by atomic mass is 16.5. The van der Waals surface area contributed by atoms with E-state index in [2.05, 4.69) is 16.4 Å². The van der Waals surface area contributed by atoms with E-state index in [1.54, 1.807) is 0 Å². The molecular weight excluding hydrogens is 230 g/mol. The number of fused-ring (bicyclic) bond motifs is 1. The zero-order chi connectivity index (χ0) is 12.5. The van der Waals surface area contributed by atoms with Crippen molar-refractivity contribution in [2.75, 3.05) is 0 Å². The number of nitrogens with zero attached hydrogens (tertiary/aromatic N) is 1. The van der Waals surface area contributed by atoms with Gasteiger partial charge in [-0.15, -0.1) is 0 Å². The lowest BCUT2D eigenvalue weighted by atomic mass is 9.85. The zero-order valence-corrected chi connectivity index (χ0v) is 10.3. The molecule has 3 N–H and O–H groups in total. The molecule has 0 aromatic rings. The SMILES string of the molecule is NC1=NC(=O)NC2C=CCC(OC3CCCC3)C12. The number of amides is 2. The Morgan fingerprint density at radius 3 is 2.94 bits per heavy atom. The number of nitrogens with one attached hydrogen (secondary N) is 1. The highest BCUT2D eigenvalue weighted by Gasteiger charge is 2.39. The Kier molecular flexibility index (Phi) is 3.07. The maximum atomic E-state index is 11.3. The van der Waals surface area contributed by atoms with Crippen molar-refractivity contribution in [3.8, 4) is 0 Å². The molecule has 3 rings (SSSR count). The lowest BCUT2D eigenvalue weighted by Crippen LogP contribution is -2.55. The molecule has 2 amide bonds. The molecule has 0 radical (unpaired) electrons. The first-order valence-corrected chi connectivity index (χ1v) is 6.71. The highest BCUT2D eigenvalue weighted by molar-refractivity contribution is 5.98. The molecule has 0 aromatic heterocycles. The van der Waals surface area contributed by atoms with Crippen LogP contribution in [-0.2, 0) is 4.74 Å². The summed E-state index contributed by atoms with van der Waals surface area (Å²) in [6.45, 7) is 0. The Bertz CT molecular complexity index is 399. The molecule has 1 aliphatic heterocycles. The predicted molar refractivity (Wildman–Crippen MR) is 68.3 cm³/mol. The molecule has 5 nitrogen and oxygen atoms in total. The second kappa shape index (κ2) is 4.72. The molecule has 2 aliphatic carbocycles. The molecule has 0 bridgehead atoms. The summed E-state index contributed by atoms with van der Waals surface area (Å²) in [4.78, 5) is 15.1. The van der Waals surface area contributed by atoms with Gasteiger partial charge in [-0.05, 0) is 19.3 Å². The summed E-state index contributed by atoms with van der Waals surface area (Å²) in [6, 6.07) is -0.407. The molecule has 3 atom stereocenters. The maximum absolute atomic E-state index is 11.3. The monoisotopic (exact) mass is 249 g/mol. The molecule has 0 saturated heterocycles. The number of amidine groups is 1. The van der Waals surface area contributed by atoms with Crippen molar-refractivity contribution in [3.05, 3.63) is 12.2 Å². The molecular formula is C13H19N3O2. The van der Waals surface area contributed by atoms with E-state index >= 15 is 0 Å². The number of carbonyl (C=O) groups is 1. The van der Waals surface area contributed by atoms with Crippen molar-refractivity contribution >= 4 is 11.9 Å². The highest BCUT2D eigenvalue weighted by Crippen LogP contribution is 2.30. The van der Waals surface area contributed by atoms with E-state index in [0.29, 0.717) is 11.9 Å². The van der Waals surface area contributed by atoms with E-state index in [9.17, 15) is 4.79 Å². The molecule has 1 heterocycles. The number of urea groups is 1. The van der Waals surface area contributed by atoms with Crippen LogP contribution < -0.4 is 11.1 Å². The van der Waals surface area contributed by atoms with Crippen molar-refractivity contribution in [1.29, 1.82) is 0 Å². The van der Waals surface area contributed by atoms with Gasteiger partial charge >= 0.3 is 6.03 Å². The van der Waals surface area contributed by atoms with Crippen molar-refractivity contribution in [2.45, 2.75) is 50.4 Å². The second-order valence-electron chi connectivity index (χ2n) is 5.28. The van der Waals surface area contributed by atoms with E-state index in [0.717, 1.165) is 19.3 Å². The van der Waals surface area contributed by atoms with Gasteiger partial charge in [-0.3, -0.25) is 0 Å². The average molecular weight is 249 g/mol. The van der Waals surface area contributed by atoms with Gasteiger partial charge in [0.05, 0.1) is 24.2 Å². The Balaban J connectivity index is 1.76. The van der Waals surface area contributed by atoms with Gasteiger partial charge in [0.25, 0.3) is 0 Å². The molecule has 1 saturated carbocycles. The smallest absolute Gasteiger partial charge is 0.343 e. The van der Waals surface area contributed by atoms with Crippen LogP contribution in [0.4, 0.5) is 4.79 Å². The van der Waals surface area contributed by atoms with Crippen LogP contribution in [0.15, 0.2) is 17.1 Å². The third-order valence-electron chi connectivity index (χ3n) is 4.03. The number of hydrogen-bond donors (Lipinski definition) is 2. The minimum absolute atomic E-state index is 0.00620. The topological polar surface area (TPSA) is 76.7 Å². The minimum atomic E-state index is -0.347. The van der Waals surface area contributed by atoms with E-state index < -0.39 is 0 Å². The number of carbonyl (C=O) groups excluding carboxylic acids is 1. The Labute approximate surface area is 106 Å². The molecule has 1 fully saturated rings. The number of ether oxygens (including phenoxy) is 1. The fourth-order valence-electron chi connectivity index (χ4n) is 3.15. The average Bonchev–Trinajstić information content (AvgIpc) is 2.81. The fourth-order valence-corrected chi connectivity index (χ4v) is 3.15. The summed E-state index contributed by atoms with van der Waals surface area (Å²) >= 11 is 0. The minimum Gasteiger partial charge on any atom is -0.387 e. The summed E-state index contributed by atoms with van der Waals surface area (Å²) < 4.78 is 6.16. The van der Waals surface area contributed by atoms with Gasteiger partial charge in [0.2, 0.25) is 0 Å². The first kappa shape index (κ1) is 11.7. The van der Waals surface area contributed by atoms with Gasteiger partial charge in [-0.1, -0.05) is 25.0 Å².